The Morgan fingerprint density at radius 1 is 0.966 bits per heavy atom. The first-order chi connectivity index (χ1) is 13.9. The molecule has 3 rings (SSSR count). The monoisotopic (exact) mass is 473 g/mol. The zero-order chi connectivity index (χ0) is 20.9. The molecule has 0 bridgehead atoms. The SMILES string of the molecule is Cc1ccc(S(=O)(=O)C(NC(=O)OCc2ccccc2)c2ccccc2Br)cc1. The Bertz CT molecular complexity index is 1080. The molecule has 0 fully saturated rings. The molecule has 7 heteroatoms. The smallest absolute Gasteiger partial charge is 0.408 e. The molecular weight excluding hydrogens is 454 g/mol. The molecule has 0 aliphatic rings. The van der Waals surface area contributed by atoms with E-state index in [1.807, 2.05) is 37.3 Å². The summed E-state index contributed by atoms with van der Waals surface area (Å²) in [6.45, 7) is 1.92. The van der Waals surface area contributed by atoms with Crippen LogP contribution < -0.4 is 5.32 Å². The number of benzene rings is 3. The minimum Gasteiger partial charge on any atom is -0.445 e. The van der Waals surface area contributed by atoms with Gasteiger partial charge >= 0.3 is 6.09 Å². The summed E-state index contributed by atoms with van der Waals surface area (Å²) in [5.74, 6) is 0. The van der Waals surface area contributed by atoms with Gasteiger partial charge in [-0.1, -0.05) is 82.2 Å². The third kappa shape index (κ3) is 5.25. The molecule has 0 radical (unpaired) electrons. The van der Waals surface area contributed by atoms with Gasteiger partial charge in [0.15, 0.2) is 5.37 Å². The average Bonchev–Trinajstić information content (AvgIpc) is 2.72. The molecule has 1 amide bonds. The number of hydrogen-bond acceptors (Lipinski definition) is 4. The molecule has 3 aromatic carbocycles. The third-order valence-electron chi connectivity index (χ3n) is 4.31. The van der Waals surface area contributed by atoms with Crippen LogP contribution in [0.1, 0.15) is 22.1 Å². The van der Waals surface area contributed by atoms with Crippen molar-refractivity contribution in [2.75, 3.05) is 0 Å². The highest BCUT2D eigenvalue weighted by Crippen LogP contribution is 2.31. The maximum absolute atomic E-state index is 13.3. The minimum absolute atomic E-state index is 0.0416. The van der Waals surface area contributed by atoms with E-state index in [0.717, 1.165) is 11.1 Å². The molecule has 0 saturated carbocycles. The summed E-state index contributed by atoms with van der Waals surface area (Å²) in [5.41, 5.74) is 2.17. The fraction of sp³-hybridized carbons (Fsp3) is 0.136. The van der Waals surface area contributed by atoms with Gasteiger partial charge in [0.05, 0.1) is 4.90 Å². The maximum Gasteiger partial charge on any atom is 0.408 e. The first kappa shape index (κ1) is 21.1. The number of alkyl carbamates (subject to hydrolysis) is 1. The Morgan fingerprint density at radius 2 is 1.59 bits per heavy atom. The van der Waals surface area contributed by atoms with E-state index >= 15 is 0 Å². The molecule has 1 N–H and O–H groups in total. The first-order valence-electron chi connectivity index (χ1n) is 8.90. The fourth-order valence-corrected chi connectivity index (χ4v) is 4.99. The summed E-state index contributed by atoms with van der Waals surface area (Å²) in [7, 11) is -3.91. The molecule has 0 aromatic heterocycles. The molecule has 5 nitrogen and oxygen atoms in total. The lowest BCUT2D eigenvalue weighted by atomic mass is 10.2. The fourth-order valence-electron chi connectivity index (χ4n) is 2.75. The molecule has 0 aliphatic carbocycles. The molecular formula is C22H20BrNO4S. The minimum atomic E-state index is -3.91. The van der Waals surface area contributed by atoms with Crippen molar-refractivity contribution in [3.63, 3.8) is 0 Å². The van der Waals surface area contributed by atoms with Gasteiger partial charge in [-0.3, -0.25) is 0 Å². The van der Waals surface area contributed by atoms with Crippen LogP contribution in [0.5, 0.6) is 0 Å². The summed E-state index contributed by atoms with van der Waals surface area (Å²) in [6.07, 6.45) is -0.815. The summed E-state index contributed by atoms with van der Waals surface area (Å²) >= 11 is 3.38. The number of ether oxygens (including phenoxy) is 1. The van der Waals surface area contributed by atoms with Gasteiger partial charge < -0.3 is 10.1 Å². The van der Waals surface area contributed by atoms with Crippen molar-refractivity contribution in [2.24, 2.45) is 0 Å². The van der Waals surface area contributed by atoms with Crippen molar-refractivity contribution in [2.45, 2.75) is 23.8 Å². The average molecular weight is 474 g/mol. The number of carbonyl (C=O) groups is 1. The second kappa shape index (κ2) is 9.24. The van der Waals surface area contributed by atoms with Gasteiger partial charge in [-0.25, -0.2) is 13.2 Å². The van der Waals surface area contributed by atoms with E-state index in [-0.39, 0.29) is 11.5 Å². The van der Waals surface area contributed by atoms with Crippen molar-refractivity contribution < 1.29 is 17.9 Å². The molecule has 3 aromatic rings. The van der Waals surface area contributed by atoms with Crippen molar-refractivity contribution in [3.8, 4) is 0 Å². The summed E-state index contributed by atoms with van der Waals surface area (Å²) in [5, 5.41) is 1.22. The Morgan fingerprint density at radius 3 is 2.24 bits per heavy atom. The Labute approximate surface area is 178 Å². The maximum atomic E-state index is 13.3. The van der Waals surface area contributed by atoms with Crippen molar-refractivity contribution in [3.05, 3.63) is 100 Å². The van der Waals surface area contributed by atoms with Crippen LogP contribution in [0.2, 0.25) is 0 Å². The molecule has 0 spiro atoms. The van der Waals surface area contributed by atoms with Gasteiger partial charge in [0.1, 0.15) is 6.61 Å². The Hall–Kier alpha value is -2.64. The van der Waals surface area contributed by atoms with Crippen LogP contribution in [-0.2, 0) is 21.2 Å². The topological polar surface area (TPSA) is 72.5 Å². The lowest BCUT2D eigenvalue weighted by Gasteiger charge is -2.21. The van der Waals surface area contributed by atoms with Crippen LogP contribution in [0, 0.1) is 6.92 Å². The number of amides is 1. The molecule has 29 heavy (non-hydrogen) atoms. The number of aryl methyl sites for hydroxylation is 1. The van der Waals surface area contributed by atoms with Gasteiger partial charge in [0.25, 0.3) is 0 Å². The summed E-state index contributed by atoms with van der Waals surface area (Å²) in [6, 6.07) is 22.6. The Balaban J connectivity index is 1.88. The van der Waals surface area contributed by atoms with Crippen LogP contribution in [0.25, 0.3) is 0 Å². The molecule has 0 saturated heterocycles. The summed E-state index contributed by atoms with van der Waals surface area (Å²) < 4.78 is 32.4. The predicted octanol–water partition coefficient (Wildman–Crippen LogP) is 5.16. The van der Waals surface area contributed by atoms with E-state index < -0.39 is 21.3 Å². The Kier molecular flexibility index (Phi) is 6.71. The third-order valence-corrected chi connectivity index (χ3v) is 6.95. The highest BCUT2D eigenvalue weighted by Gasteiger charge is 2.32. The zero-order valence-electron chi connectivity index (χ0n) is 15.7. The summed E-state index contributed by atoms with van der Waals surface area (Å²) in [4.78, 5) is 12.5. The normalized spacial score (nSPS) is 12.2. The van der Waals surface area contributed by atoms with Gasteiger partial charge in [0, 0.05) is 10.0 Å². The molecule has 0 aliphatic heterocycles. The zero-order valence-corrected chi connectivity index (χ0v) is 18.1. The van der Waals surface area contributed by atoms with Crippen molar-refractivity contribution in [1.82, 2.24) is 5.32 Å². The van der Waals surface area contributed by atoms with E-state index in [0.29, 0.717) is 10.0 Å². The lowest BCUT2D eigenvalue weighted by molar-refractivity contribution is 0.138. The number of rotatable bonds is 6. The highest BCUT2D eigenvalue weighted by molar-refractivity contribution is 9.10. The first-order valence-corrected chi connectivity index (χ1v) is 11.2. The standard InChI is InChI=1S/C22H20BrNO4S/c1-16-11-13-18(14-12-16)29(26,27)21(19-9-5-6-10-20(19)23)24-22(25)28-15-17-7-3-2-4-8-17/h2-14,21H,15H2,1H3,(H,24,25). The number of nitrogens with one attached hydrogen (secondary N) is 1. The number of carbonyl (C=O) groups excluding carboxylic acids is 1. The van der Waals surface area contributed by atoms with Gasteiger partial charge in [0.2, 0.25) is 9.84 Å². The van der Waals surface area contributed by atoms with Crippen LogP contribution in [-0.4, -0.2) is 14.5 Å². The van der Waals surface area contributed by atoms with E-state index in [1.54, 1.807) is 36.4 Å². The molecule has 1 atom stereocenters. The van der Waals surface area contributed by atoms with Crippen molar-refractivity contribution in [1.29, 1.82) is 0 Å². The number of sulfone groups is 1. The molecule has 0 heterocycles. The van der Waals surface area contributed by atoms with Crippen LogP contribution in [0.15, 0.2) is 88.2 Å². The van der Waals surface area contributed by atoms with Crippen LogP contribution >= 0.6 is 15.9 Å². The van der Waals surface area contributed by atoms with E-state index in [9.17, 15) is 13.2 Å². The highest BCUT2D eigenvalue weighted by atomic mass is 79.9. The van der Waals surface area contributed by atoms with E-state index in [4.69, 9.17) is 4.74 Å². The lowest BCUT2D eigenvalue weighted by Crippen LogP contribution is -2.34. The second-order valence-corrected chi connectivity index (χ2v) is 9.35. The molecule has 150 valence electrons. The van der Waals surface area contributed by atoms with Crippen LogP contribution in [0.4, 0.5) is 4.79 Å². The van der Waals surface area contributed by atoms with Gasteiger partial charge in [-0.2, -0.15) is 0 Å². The quantitative estimate of drug-likeness (QED) is 0.536. The van der Waals surface area contributed by atoms with E-state index in [2.05, 4.69) is 21.2 Å². The molecule has 1 unspecified atom stereocenters. The number of halogens is 1. The van der Waals surface area contributed by atoms with Crippen LogP contribution in [0.3, 0.4) is 0 Å². The predicted molar refractivity (Wildman–Crippen MR) is 115 cm³/mol. The second-order valence-electron chi connectivity index (χ2n) is 6.47. The largest absolute Gasteiger partial charge is 0.445 e. The van der Waals surface area contributed by atoms with Gasteiger partial charge in [-0.15, -0.1) is 0 Å². The number of hydrogen-bond donors (Lipinski definition) is 1. The van der Waals surface area contributed by atoms with Crippen molar-refractivity contribution >= 4 is 31.9 Å². The van der Waals surface area contributed by atoms with Gasteiger partial charge in [-0.05, 0) is 30.7 Å². The van der Waals surface area contributed by atoms with E-state index in [1.165, 1.54) is 12.1 Å².